The van der Waals surface area contributed by atoms with Gasteiger partial charge in [0.1, 0.15) is 23.8 Å². The number of anilines is 1. The molecule has 35 heavy (non-hydrogen) atoms. The number of sulfonamides is 1. The first-order chi connectivity index (χ1) is 16.8. The number of benzene rings is 3. The number of hydrazone groups is 1. The monoisotopic (exact) mass is 497 g/mol. The third kappa shape index (κ3) is 6.30. The van der Waals surface area contributed by atoms with E-state index >= 15 is 0 Å². The number of nitrogens with zero attached hydrogens (tertiary/aromatic N) is 2. The van der Waals surface area contributed by atoms with Crippen molar-refractivity contribution in [2.24, 2.45) is 5.10 Å². The molecule has 3 aromatic rings. The molecule has 0 fully saturated rings. The van der Waals surface area contributed by atoms with Gasteiger partial charge in [0.15, 0.2) is 0 Å². The van der Waals surface area contributed by atoms with E-state index in [0.29, 0.717) is 11.5 Å². The molecule has 0 radical (unpaired) electrons. The Balaban J connectivity index is 1.91. The van der Waals surface area contributed by atoms with Crippen LogP contribution < -0.4 is 23.9 Å². The maximum absolute atomic E-state index is 13.6. The molecule has 0 heterocycles. The maximum Gasteiger partial charge on any atom is 0.264 e. The third-order valence-electron chi connectivity index (χ3n) is 5.07. The highest BCUT2D eigenvalue weighted by Gasteiger charge is 2.30. The van der Waals surface area contributed by atoms with Crippen molar-refractivity contribution in [3.8, 4) is 17.2 Å². The van der Waals surface area contributed by atoms with Crippen molar-refractivity contribution in [3.63, 3.8) is 0 Å². The number of hydrogen-bond acceptors (Lipinski definition) is 7. The normalized spacial score (nSPS) is 11.2. The predicted octanol–water partition coefficient (Wildman–Crippen LogP) is 3.37. The summed E-state index contributed by atoms with van der Waals surface area (Å²) in [6.45, 7) is 1.31. The van der Waals surface area contributed by atoms with Crippen LogP contribution in [0.15, 0.2) is 76.7 Å². The van der Waals surface area contributed by atoms with E-state index in [1.807, 2.05) is 6.92 Å². The van der Waals surface area contributed by atoms with Gasteiger partial charge in [-0.05, 0) is 61.0 Å². The zero-order valence-corrected chi connectivity index (χ0v) is 20.7. The molecule has 0 saturated carbocycles. The van der Waals surface area contributed by atoms with E-state index in [2.05, 4.69) is 10.5 Å². The van der Waals surface area contributed by atoms with Crippen molar-refractivity contribution >= 4 is 27.8 Å². The summed E-state index contributed by atoms with van der Waals surface area (Å²) in [7, 11) is 0.310. The Kier molecular flexibility index (Phi) is 8.32. The molecule has 3 aromatic carbocycles. The number of methoxy groups -OCH3 is 3. The van der Waals surface area contributed by atoms with E-state index in [1.165, 1.54) is 38.6 Å². The summed E-state index contributed by atoms with van der Waals surface area (Å²) in [6.07, 6.45) is 1.45. The Morgan fingerprint density at radius 3 is 2.14 bits per heavy atom. The van der Waals surface area contributed by atoms with Gasteiger partial charge in [-0.2, -0.15) is 5.10 Å². The Labute approximate surface area is 205 Å². The van der Waals surface area contributed by atoms with Gasteiger partial charge in [-0.1, -0.05) is 17.7 Å². The fourth-order valence-electron chi connectivity index (χ4n) is 3.16. The van der Waals surface area contributed by atoms with Crippen molar-refractivity contribution in [2.75, 3.05) is 32.2 Å². The first kappa shape index (κ1) is 25.6. The van der Waals surface area contributed by atoms with Gasteiger partial charge in [0.25, 0.3) is 15.9 Å². The second-order valence-corrected chi connectivity index (χ2v) is 9.29. The van der Waals surface area contributed by atoms with Crippen molar-refractivity contribution in [3.05, 3.63) is 77.9 Å². The van der Waals surface area contributed by atoms with Gasteiger partial charge < -0.3 is 14.2 Å². The van der Waals surface area contributed by atoms with Crippen LogP contribution in [-0.2, 0) is 14.8 Å². The number of rotatable bonds is 10. The summed E-state index contributed by atoms with van der Waals surface area (Å²) in [6, 6.07) is 18.1. The van der Waals surface area contributed by atoms with Crippen LogP contribution in [0.3, 0.4) is 0 Å². The number of carbonyl (C=O) groups is 1. The molecule has 0 spiro atoms. The van der Waals surface area contributed by atoms with Crippen LogP contribution in [0.25, 0.3) is 0 Å². The molecule has 0 unspecified atom stereocenters. The molecular formula is C25H27N3O6S. The van der Waals surface area contributed by atoms with Crippen LogP contribution in [0.1, 0.15) is 11.1 Å². The van der Waals surface area contributed by atoms with Gasteiger partial charge in [0.05, 0.1) is 38.1 Å². The summed E-state index contributed by atoms with van der Waals surface area (Å²) in [4.78, 5) is 12.8. The van der Waals surface area contributed by atoms with E-state index in [9.17, 15) is 13.2 Å². The Morgan fingerprint density at radius 2 is 1.54 bits per heavy atom. The van der Waals surface area contributed by atoms with E-state index in [-0.39, 0.29) is 16.3 Å². The second kappa shape index (κ2) is 11.4. The van der Waals surface area contributed by atoms with E-state index in [0.717, 1.165) is 15.4 Å². The molecule has 184 valence electrons. The fourth-order valence-corrected chi connectivity index (χ4v) is 4.59. The van der Waals surface area contributed by atoms with E-state index < -0.39 is 22.5 Å². The Morgan fingerprint density at radius 1 is 0.914 bits per heavy atom. The van der Waals surface area contributed by atoms with Crippen LogP contribution in [0.4, 0.5) is 5.69 Å². The minimum Gasteiger partial charge on any atom is -0.497 e. The summed E-state index contributed by atoms with van der Waals surface area (Å²) in [5, 5.41) is 3.94. The average molecular weight is 498 g/mol. The summed E-state index contributed by atoms with van der Waals surface area (Å²) < 4.78 is 43.9. The lowest BCUT2D eigenvalue weighted by molar-refractivity contribution is -0.119. The van der Waals surface area contributed by atoms with Gasteiger partial charge >= 0.3 is 0 Å². The molecule has 0 atom stereocenters. The predicted molar refractivity (Wildman–Crippen MR) is 134 cm³/mol. The third-order valence-corrected chi connectivity index (χ3v) is 6.84. The number of carbonyl (C=O) groups excluding carboxylic acids is 1. The van der Waals surface area contributed by atoms with Crippen LogP contribution in [0.5, 0.6) is 17.2 Å². The number of hydrogen-bond donors (Lipinski definition) is 1. The largest absolute Gasteiger partial charge is 0.497 e. The van der Waals surface area contributed by atoms with Gasteiger partial charge in [0, 0.05) is 6.07 Å². The van der Waals surface area contributed by atoms with Crippen molar-refractivity contribution in [1.82, 2.24) is 5.43 Å². The first-order valence-electron chi connectivity index (χ1n) is 10.6. The summed E-state index contributed by atoms with van der Waals surface area (Å²) in [5.41, 5.74) is 4.16. The van der Waals surface area contributed by atoms with Crippen LogP contribution in [0, 0.1) is 6.92 Å². The highest BCUT2D eigenvalue weighted by atomic mass is 32.2. The summed E-state index contributed by atoms with van der Waals surface area (Å²) >= 11 is 0. The minimum absolute atomic E-state index is 0.0301. The molecule has 0 aliphatic carbocycles. The molecule has 0 bridgehead atoms. The zero-order valence-electron chi connectivity index (χ0n) is 19.9. The number of amides is 1. The lowest BCUT2D eigenvalue weighted by atomic mass is 10.2. The first-order valence-corrected chi connectivity index (χ1v) is 12.0. The lowest BCUT2D eigenvalue weighted by Gasteiger charge is -2.25. The van der Waals surface area contributed by atoms with Crippen molar-refractivity contribution in [1.29, 1.82) is 0 Å². The Bertz CT molecular complexity index is 1290. The van der Waals surface area contributed by atoms with Gasteiger partial charge in [0.2, 0.25) is 0 Å². The number of ether oxygens (including phenoxy) is 3. The van der Waals surface area contributed by atoms with E-state index in [4.69, 9.17) is 14.2 Å². The standard InChI is InChI=1S/C25H27N3O6S/c1-18-5-12-22(13-6-18)35(30,31)28(23-15-21(33-3)11-14-24(23)34-4)17-25(29)27-26-16-19-7-9-20(32-2)10-8-19/h5-16H,17H2,1-4H3,(H,27,29)/b26-16-. The lowest BCUT2D eigenvalue weighted by Crippen LogP contribution is -2.39. The van der Waals surface area contributed by atoms with Crippen LogP contribution in [-0.4, -0.2) is 48.4 Å². The van der Waals surface area contributed by atoms with Gasteiger partial charge in [-0.15, -0.1) is 0 Å². The fraction of sp³-hybridized carbons (Fsp3) is 0.200. The Hall–Kier alpha value is -4.05. The van der Waals surface area contributed by atoms with Crippen LogP contribution >= 0.6 is 0 Å². The topological polar surface area (TPSA) is 107 Å². The summed E-state index contributed by atoms with van der Waals surface area (Å²) in [5.74, 6) is 0.713. The molecule has 0 saturated heterocycles. The van der Waals surface area contributed by atoms with E-state index in [1.54, 1.807) is 55.6 Å². The van der Waals surface area contributed by atoms with Crippen molar-refractivity contribution in [2.45, 2.75) is 11.8 Å². The van der Waals surface area contributed by atoms with Gasteiger partial charge in [-0.3, -0.25) is 9.10 Å². The zero-order chi connectivity index (χ0) is 25.4. The molecule has 1 amide bonds. The molecule has 9 nitrogen and oxygen atoms in total. The average Bonchev–Trinajstić information content (AvgIpc) is 2.87. The quantitative estimate of drug-likeness (QED) is 0.340. The van der Waals surface area contributed by atoms with Crippen LogP contribution in [0.2, 0.25) is 0 Å². The maximum atomic E-state index is 13.6. The molecule has 1 N–H and O–H groups in total. The van der Waals surface area contributed by atoms with Gasteiger partial charge in [-0.25, -0.2) is 13.8 Å². The SMILES string of the molecule is COc1ccc(/C=N\NC(=O)CN(c2cc(OC)ccc2OC)S(=O)(=O)c2ccc(C)cc2)cc1. The molecule has 0 aliphatic heterocycles. The molecule has 3 rings (SSSR count). The number of aryl methyl sites for hydroxylation is 1. The number of nitrogens with one attached hydrogen (secondary N) is 1. The highest BCUT2D eigenvalue weighted by molar-refractivity contribution is 7.92. The molecular weight excluding hydrogens is 470 g/mol. The molecule has 10 heteroatoms. The van der Waals surface area contributed by atoms with Crippen molar-refractivity contribution < 1.29 is 27.4 Å². The second-order valence-electron chi connectivity index (χ2n) is 7.43. The molecule has 0 aromatic heterocycles. The molecule has 0 aliphatic rings. The smallest absolute Gasteiger partial charge is 0.264 e. The minimum atomic E-state index is -4.14. The highest BCUT2D eigenvalue weighted by Crippen LogP contribution is 2.35.